The van der Waals surface area contributed by atoms with E-state index in [-0.39, 0.29) is 0 Å². The van der Waals surface area contributed by atoms with E-state index in [9.17, 15) is 0 Å². The maximum Gasteiger partial charge on any atom is 0.123 e. The van der Waals surface area contributed by atoms with E-state index >= 15 is 0 Å². The van der Waals surface area contributed by atoms with Crippen molar-refractivity contribution in [2.45, 2.75) is 6.42 Å². The van der Waals surface area contributed by atoms with E-state index in [0.717, 1.165) is 17.2 Å². The Morgan fingerprint density at radius 1 is 1.21 bits per heavy atom. The summed E-state index contributed by atoms with van der Waals surface area (Å²) in [5.41, 5.74) is 1.47. The Balaban J connectivity index is 1.90. The van der Waals surface area contributed by atoms with Crippen LogP contribution < -0.4 is 9.47 Å². The highest BCUT2D eigenvalue weighted by Crippen LogP contribution is 2.18. The Bertz CT molecular complexity index is 591. The van der Waals surface area contributed by atoms with Gasteiger partial charge in [-0.15, -0.1) is 0 Å². The highest BCUT2D eigenvalue weighted by Gasteiger charge is 2.00. The third-order valence-corrected chi connectivity index (χ3v) is 2.61. The summed E-state index contributed by atoms with van der Waals surface area (Å²) in [5.74, 6) is 1.53. The number of benzene rings is 1. The molecule has 2 rings (SSSR count). The number of rotatable bonds is 5. The summed E-state index contributed by atoms with van der Waals surface area (Å²) < 4.78 is 10.7. The second kappa shape index (κ2) is 6.41. The number of nitriles is 1. The highest BCUT2D eigenvalue weighted by atomic mass is 16.5. The first-order chi connectivity index (χ1) is 9.31. The van der Waals surface area contributed by atoms with Gasteiger partial charge in [0.2, 0.25) is 0 Å². The maximum absolute atomic E-state index is 8.80. The molecule has 0 atom stereocenters. The van der Waals surface area contributed by atoms with Crippen molar-refractivity contribution in [2.75, 3.05) is 13.7 Å². The highest BCUT2D eigenvalue weighted by molar-refractivity contribution is 5.33. The van der Waals surface area contributed by atoms with Crippen LogP contribution in [0.1, 0.15) is 11.3 Å². The summed E-state index contributed by atoms with van der Waals surface area (Å²) in [7, 11) is 1.62. The van der Waals surface area contributed by atoms with E-state index in [4.69, 9.17) is 14.7 Å². The quantitative estimate of drug-likeness (QED) is 0.823. The van der Waals surface area contributed by atoms with Gasteiger partial charge in [-0.3, -0.25) is 4.98 Å². The minimum Gasteiger partial charge on any atom is -0.497 e. The average Bonchev–Trinajstić information content (AvgIpc) is 2.48. The third kappa shape index (κ3) is 3.71. The summed E-state index contributed by atoms with van der Waals surface area (Å²) in [4.78, 5) is 4.20. The van der Waals surface area contributed by atoms with Gasteiger partial charge >= 0.3 is 0 Å². The summed E-state index contributed by atoms with van der Waals surface area (Å²) in [6.07, 6.45) is 2.30. The number of ether oxygens (including phenoxy) is 2. The SMILES string of the molecule is COc1cccc(OCCc2cc(C#N)ccn2)c1. The van der Waals surface area contributed by atoms with E-state index in [1.807, 2.05) is 24.3 Å². The van der Waals surface area contributed by atoms with Gasteiger partial charge in [0.05, 0.1) is 25.3 Å². The average molecular weight is 254 g/mol. The number of aromatic nitrogens is 1. The molecule has 0 amide bonds. The van der Waals surface area contributed by atoms with Crippen molar-refractivity contribution in [3.63, 3.8) is 0 Å². The van der Waals surface area contributed by atoms with Crippen LogP contribution in [0.25, 0.3) is 0 Å². The van der Waals surface area contributed by atoms with E-state index in [0.29, 0.717) is 18.6 Å². The van der Waals surface area contributed by atoms with Crippen LogP contribution in [0.4, 0.5) is 0 Å². The smallest absolute Gasteiger partial charge is 0.123 e. The molecule has 0 aliphatic carbocycles. The summed E-state index contributed by atoms with van der Waals surface area (Å²) in [6.45, 7) is 0.509. The van der Waals surface area contributed by atoms with Crippen LogP contribution in [-0.4, -0.2) is 18.7 Å². The minimum absolute atomic E-state index is 0.509. The van der Waals surface area contributed by atoms with Gasteiger partial charge in [-0.1, -0.05) is 6.07 Å². The first-order valence-electron chi connectivity index (χ1n) is 5.93. The number of hydrogen-bond acceptors (Lipinski definition) is 4. The number of methoxy groups -OCH3 is 1. The molecule has 4 nitrogen and oxygen atoms in total. The van der Waals surface area contributed by atoms with Crippen molar-refractivity contribution in [1.82, 2.24) is 4.98 Å². The molecule has 1 aromatic carbocycles. The largest absolute Gasteiger partial charge is 0.497 e. The zero-order chi connectivity index (χ0) is 13.5. The Morgan fingerprint density at radius 3 is 2.84 bits per heavy atom. The molecule has 0 saturated heterocycles. The van der Waals surface area contributed by atoms with Crippen molar-refractivity contribution in [2.24, 2.45) is 0 Å². The molecule has 0 N–H and O–H groups in total. The van der Waals surface area contributed by atoms with Crippen LogP contribution in [0.5, 0.6) is 11.5 Å². The maximum atomic E-state index is 8.80. The Kier molecular flexibility index (Phi) is 4.35. The molecule has 0 fully saturated rings. The Morgan fingerprint density at radius 2 is 2.05 bits per heavy atom. The lowest BCUT2D eigenvalue weighted by molar-refractivity contribution is 0.317. The van der Waals surface area contributed by atoms with Gasteiger partial charge in [-0.05, 0) is 24.3 Å². The Labute approximate surface area is 112 Å². The van der Waals surface area contributed by atoms with Gasteiger partial charge in [-0.2, -0.15) is 5.26 Å². The normalized spacial score (nSPS) is 9.68. The molecular weight excluding hydrogens is 240 g/mol. The van der Waals surface area contributed by atoms with Gasteiger partial charge in [0.1, 0.15) is 11.5 Å². The van der Waals surface area contributed by atoms with Gasteiger partial charge in [0, 0.05) is 24.4 Å². The molecule has 19 heavy (non-hydrogen) atoms. The first-order valence-corrected chi connectivity index (χ1v) is 5.93. The first kappa shape index (κ1) is 12.9. The fourth-order valence-electron chi connectivity index (χ4n) is 1.65. The van der Waals surface area contributed by atoms with E-state index in [1.165, 1.54) is 0 Å². The molecular formula is C15H14N2O2. The lowest BCUT2D eigenvalue weighted by Gasteiger charge is -2.07. The lowest BCUT2D eigenvalue weighted by Crippen LogP contribution is -2.03. The van der Waals surface area contributed by atoms with Crippen molar-refractivity contribution in [1.29, 1.82) is 5.26 Å². The summed E-state index contributed by atoms with van der Waals surface area (Å²) in [6, 6.07) is 13.0. The third-order valence-electron chi connectivity index (χ3n) is 2.61. The molecule has 1 heterocycles. The predicted molar refractivity (Wildman–Crippen MR) is 71.1 cm³/mol. The molecule has 1 aromatic heterocycles. The fourth-order valence-corrected chi connectivity index (χ4v) is 1.65. The van der Waals surface area contributed by atoms with Gasteiger partial charge in [0.25, 0.3) is 0 Å². The van der Waals surface area contributed by atoms with Crippen LogP contribution in [0.3, 0.4) is 0 Å². The summed E-state index contributed by atoms with van der Waals surface area (Å²) >= 11 is 0. The second-order valence-electron chi connectivity index (χ2n) is 3.93. The zero-order valence-electron chi connectivity index (χ0n) is 10.7. The molecule has 2 aromatic rings. The van der Waals surface area contributed by atoms with Gasteiger partial charge in [0.15, 0.2) is 0 Å². The van der Waals surface area contributed by atoms with E-state index in [2.05, 4.69) is 11.1 Å². The van der Waals surface area contributed by atoms with Gasteiger partial charge < -0.3 is 9.47 Å². The molecule has 96 valence electrons. The molecule has 0 radical (unpaired) electrons. The van der Waals surface area contributed by atoms with Crippen LogP contribution in [0, 0.1) is 11.3 Å². The topological polar surface area (TPSA) is 55.1 Å². The van der Waals surface area contributed by atoms with E-state index < -0.39 is 0 Å². The standard InChI is InChI=1S/C15H14N2O2/c1-18-14-3-2-4-15(10-14)19-8-6-13-9-12(11-16)5-7-17-13/h2-5,7,9-10H,6,8H2,1H3. The lowest BCUT2D eigenvalue weighted by atomic mass is 10.2. The zero-order valence-corrected chi connectivity index (χ0v) is 10.7. The monoisotopic (exact) mass is 254 g/mol. The van der Waals surface area contributed by atoms with Gasteiger partial charge in [-0.25, -0.2) is 0 Å². The van der Waals surface area contributed by atoms with Crippen LogP contribution in [0.2, 0.25) is 0 Å². The van der Waals surface area contributed by atoms with Crippen LogP contribution in [0.15, 0.2) is 42.6 Å². The number of hydrogen-bond donors (Lipinski definition) is 0. The number of nitrogens with zero attached hydrogens (tertiary/aromatic N) is 2. The molecule has 0 saturated carbocycles. The van der Waals surface area contributed by atoms with Crippen molar-refractivity contribution in [3.05, 3.63) is 53.9 Å². The second-order valence-corrected chi connectivity index (χ2v) is 3.93. The van der Waals surface area contributed by atoms with Crippen molar-refractivity contribution < 1.29 is 9.47 Å². The minimum atomic E-state index is 0.509. The fraction of sp³-hybridized carbons (Fsp3) is 0.200. The van der Waals surface area contributed by atoms with Crippen molar-refractivity contribution in [3.8, 4) is 17.6 Å². The molecule has 0 bridgehead atoms. The van der Waals surface area contributed by atoms with E-state index in [1.54, 1.807) is 25.4 Å². The molecule has 4 heteroatoms. The molecule has 0 aliphatic heterocycles. The number of pyridine rings is 1. The predicted octanol–water partition coefficient (Wildman–Crippen LogP) is 2.58. The van der Waals surface area contributed by atoms with Crippen LogP contribution in [-0.2, 0) is 6.42 Å². The Hall–Kier alpha value is -2.54. The molecule has 0 spiro atoms. The van der Waals surface area contributed by atoms with Crippen LogP contribution >= 0.6 is 0 Å². The van der Waals surface area contributed by atoms with Crippen molar-refractivity contribution >= 4 is 0 Å². The summed E-state index contributed by atoms with van der Waals surface area (Å²) in [5, 5.41) is 8.80. The molecule has 0 unspecified atom stereocenters. The molecule has 0 aliphatic rings.